The second-order valence-electron chi connectivity index (χ2n) is 4.60. The monoisotopic (exact) mass is 269 g/mol. The third kappa shape index (κ3) is 2.74. The molecular weight excluding hydrogens is 254 g/mol. The third-order valence-corrected chi connectivity index (χ3v) is 3.93. The van der Waals surface area contributed by atoms with E-state index in [4.69, 9.17) is 0 Å². The van der Waals surface area contributed by atoms with Crippen LogP contribution in [0.1, 0.15) is 11.8 Å². The molecule has 0 aliphatic heterocycles. The van der Waals surface area contributed by atoms with Gasteiger partial charge in [-0.05, 0) is 24.4 Å². The van der Waals surface area contributed by atoms with E-state index in [0.29, 0.717) is 6.04 Å². The molecule has 0 fully saturated rings. The molecule has 0 radical (unpaired) electrons. The quantitative estimate of drug-likeness (QED) is 0.784. The highest BCUT2D eigenvalue weighted by molar-refractivity contribution is 7.09. The number of fused-ring (bicyclic) bond motifs is 1. The van der Waals surface area contributed by atoms with Gasteiger partial charge in [0.15, 0.2) is 0 Å². The van der Waals surface area contributed by atoms with Gasteiger partial charge in [-0.3, -0.25) is 0 Å². The average Bonchev–Trinajstić information content (AvgIpc) is 2.92. The number of hydrogen-bond donors (Lipinski definition) is 1. The molecule has 0 amide bonds. The van der Waals surface area contributed by atoms with Crippen molar-refractivity contribution < 1.29 is 0 Å². The van der Waals surface area contributed by atoms with Crippen molar-refractivity contribution in [3.63, 3.8) is 0 Å². The molecule has 3 rings (SSSR count). The summed E-state index contributed by atoms with van der Waals surface area (Å²) in [6.45, 7) is 2.19. The van der Waals surface area contributed by atoms with E-state index in [1.807, 2.05) is 18.2 Å². The third-order valence-electron chi connectivity index (χ3n) is 3.04. The molecular formula is C15H15N3S. The number of anilines is 1. The number of rotatable bonds is 4. The molecule has 0 bridgehead atoms. The van der Waals surface area contributed by atoms with Crippen LogP contribution in [-0.2, 0) is 6.42 Å². The summed E-state index contributed by atoms with van der Waals surface area (Å²) in [7, 11) is 0. The Labute approximate surface area is 116 Å². The summed E-state index contributed by atoms with van der Waals surface area (Å²) < 4.78 is 0. The Balaban J connectivity index is 1.81. The maximum Gasteiger partial charge on any atom is 0.0950 e. The van der Waals surface area contributed by atoms with Gasteiger partial charge >= 0.3 is 0 Å². The average molecular weight is 269 g/mol. The summed E-state index contributed by atoms with van der Waals surface area (Å²) in [5, 5.41) is 15.0. The SMILES string of the molecule is CC(Cc1cccs1)Nc1cnnc2ccccc12. The predicted molar refractivity (Wildman–Crippen MR) is 80.6 cm³/mol. The Morgan fingerprint density at radius 3 is 2.95 bits per heavy atom. The minimum atomic E-state index is 0.367. The molecule has 0 saturated heterocycles. The van der Waals surface area contributed by atoms with Crippen LogP contribution in [0.25, 0.3) is 10.9 Å². The van der Waals surface area contributed by atoms with Crippen LogP contribution >= 0.6 is 11.3 Å². The summed E-state index contributed by atoms with van der Waals surface area (Å²) in [6.07, 6.45) is 2.82. The van der Waals surface area contributed by atoms with E-state index in [1.165, 1.54) is 4.88 Å². The highest BCUT2D eigenvalue weighted by atomic mass is 32.1. The molecule has 1 N–H and O–H groups in total. The van der Waals surface area contributed by atoms with Crippen LogP contribution in [-0.4, -0.2) is 16.2 Å². The van der Waals surface area contributed by atoms with E-state index in [-0.39, 0.29) is 0 Å². The van der Waals surface area contributed by atoms with Gasteiger partial charge in [-0.1, -0.05) is 24.3 Å². The molecule has 0 saturated carbocycles. The molecule has 1 atom stereocenters. The normalized spacial score (nSPS) is 12.5. The molecule has 96 valence electrons. The summed E-state index contributed by atoms with van der Waals surface area (Å²) in [6, 6.07) is 12.7. The first-order chi connectivity index (χ1) is 9.33. The highest BCUT2D eigenvalue weighted by Crippen LogP contribution is 2.21. The van der Waals surface area contributed by atoms with Gasteiger partial charge in [0.1, 0.15) is 0 Å². The lowest BCUT2D eigenvalue weighted by atomic mass is 10.1. The van der Waals surface area contributed by atoms with Crippen LogP contribution in [0.5, 0.6) is 0 Å². The zero-order valence-corrected chi connectivity index (χ0v) is 11.5. The topological polar surface area (TPSA) is 37.8 Å². The highest BCUT2D eigenvalue weighted by Gasteiger charge is 2.07. The van der Waals surface area contributed by atoms with Crippen molar-refractivity contribution in [2.24, 2.45) is 0 Å². The van der Waals surface area contributed by atoms with Crippen molar-refractivity contribution in [3.8, 4) is 0 Å². The predicted octanol–water partition coefficient (Wildman–Crippen LogP) is 3.73. The second kappa shape index (κ2) is 5.36. The lowest BCUT2D eigenvalue weighted by molar-refractivity contribution is 0.800. The smallest absolute Gasteiger partial charge is 0.0950 e. The van der Waals surface area contributed by atoms with E-state index >= 15 is 0 Å². The van der Waals surface area contributed by atoms with Crippen LogP contribution in [0.2, 0.25) is 0 Å². The van der Waals surface area contributed by atoms with Crippen LogP contribution in [0.3, 0.4) is 0 Å². The molecule has 3 aromatic rings. The Morgan fingerprint density at radius 1 is 1.21 bits per heavy atom. The minimum absolute atomic E-state index is 0.367. The zero-order chi connectivity index (χ0) is 13.1. The lowest BCUT2D eigenvalue weighted by Crippen LogP contribution is -2.18. The molecule has 0 spiro atoms. The van der Waals surface area contributed by atoms with E-state index in [2.05, 4.69) is 46.0 Å². The number of hydrogen-bond acceptors (Lipinski definition) is 4. The van der Waals surface area contributed by atoms with Gasteiger partial charge in [-0.2, -0.15) is 10.2 Å². The Morgan fingerprint density at radius 2 is 2.11 bits per heavy atom. The summed E-state index contributed by atoms with van der Waals surface area (Å²) in [5.41, 5.74) is 1.98. The number of nitrogens with zero attached hydrogens (tertiary/aromatic N) is 2. The van der Waals surface area contributed by atoms with E-state index in [1.54, 1.807) is 17.5 Å². The standard InChI is InChI=1S/C15H15N3S/c1-11(9-12-5-4-8-19-12)17-15-10-16-18-14-7-3-2-6-13(14)15/h2-8,10-11H,9H2,1H3,(H,17,18). The molecule has 0 aliphatic rings. The Bertz CT molecular complexity index is 659. The summed E-state index contributed by atoms with van der Waals surface area (Å²) in [5.74, 6) is 0. The molecule has 2 aromatic heterocycles. The first-order valence-electron chi connectivity index (χ1n) is 6.32. The van der Waals surface area contributed by atoms with Crippen molar-refractivity contribution in [1.29, 1.82) is 0 Å². The Kier molecular flexibility index (Phi) is 3.42. The maximum atomic E-state index is 4.14. The molecule has 4 heteroatoms. The van der Waals surface area contributed by atoms with Gasteiger partial charge < -0.3 is 5.32 Å². The van der Waals surface area contributed by atoms with Crippen molar-refractivity contribution in [2.75, 3.05) is 5.32 Å². The van der Waals surface area contributed by atoms with Gasteiger partial charge in [0.25, 0.3) is 0 Å². The van der Waals surface area contributed by atoms with Gasteiger partial charge in [0, 0.05) is 22.7 Å². The summed E-state index contributed by atoms with van der Waals surface area (Å²) in [4.78, 5) is 1.39. The largest absolute Gasteiger partial charge is 0.380 e. The first kappa shape index (κ1) is 12.1. The molecule has 19 heavy (non-hydrogen) atoms. The fourth-order valence-electron chi connectivity index (χ4n) is 2.17. The maximum absolute atomic E-state index is 4.14. The van der Waals surface area contributed by atoms with Crippen LogP contribution < -0.4 is 5.32 Å². The van der Waals surface area contributed by atoms with Gasteiger partial charge in [0.2, 0.25) is 0 Å². The molecule has 2 heterocycles. The number of thiophene rings is 1. The number of aromatic nitrogens is 2. The van der Waals surface area contributed by atoms with Gasteiger partial charge in [-0.15, -0.1) is 11.3 Å². The lowest BCUT2D eigenvalue weighted by Gasteiger charge is -2.15. The fraction of sp³-hybridized carbons (Fsp3) is 0.200. The van der Waals surface area contributed by atoms with Crippen LogP contribution in [0.15, 0.2) is 48.0 Å². The van der Waals surface area contributed by atoms with Crippen LogP contribution in [0, 0.1) is 0 Å². The first-order valence-corrected chi connectivity index (χ1v) is 7.20. The minimum Gasteiger partial charge on any atom is -0.380 e. The van der Waals surface area contributed by atoms with Crippen molar-refractivity contribution in [2.45, 2.75) is 19.4 Å². The van der Waals surface area contributed by atoms with Crippen molar-refractivity contribution in [3.05, 3.63) is 52.9 Å². The molecule has 3 nitrogen and oxygen atoms in total. The molecule has 0 aliphatic carbocycles. The van der Waals surface area contributed by atoms with E-state index in [0.717, 1.165) is 23.0 Å². The van der Waals surface area contributed by atoms with E-state index < -0.39 is 0 Å². The van der Waals surface area contributed by atoms with Gasteiger partial charge in [-0.25, -0.2) is 0 Å². The van der Waals surface area contributed by atoms with Crippen LogP contribution in [0.4, 0.5) is 5.69 Å². The number of benzene rings is 1. The van der Waals surface area contributed by atoms with Crippen molar-refractivity contribution in [1.82, 2.24) is 10.2 Å². The van der Waals surface area contributed by atoms with E-state index in [9.17, 15) is 0 Å². The molecule has 1 unspecified atom stereocenters. The zero-order valence-electron chi connectivity index (χ0n) is 10.7. The summed E-state index contributed by atoms with van der Waals surface area (Å²) >= 11 is 1.80. The number of nitrogens with one attached hydrogen (secondary N) is 1. The van der Waals surface area contributed by atoms with Gasteiger partial charge in [0.05, 0.1) is 17.4 Å². The molecule has 1 aromatic carbocycles. The Hall–Kier alpha value is -1.94. The second-order valence-corrected chi connectivity index (χ2v) is 5.64. The van der Waals surface area contributed by atoms with Crippen molar-refractivity contribution >= 4 is 27.9 Å². The fourth-order valence-corrected chi connectivity index (χ4v) is 3.00.